The molecular formula is C19H23ClFN3O. The summed E-state index contributed by atoms with van der Waals surface area (Å²) >= 11 is 6.17. The molecule has 0 radical (unpaired) electrons. The molecule has 0 saturated carbocycles. The molecule has 1 saturated heterocycles. The third kappa shape index (κ3) is 2.74. The molecule has 2 aliphatic rings. The van der Waals surface area contributed by atoms with Crippen molar-refractivity contribution in [3.8, 4) is 0 Å². The highest BCUT2D eigenvalue weighted by Gasteiger charge is 2.49. The van der Waals surface area contributed by atoms with E-state index in [9.17, 15) is 9.18 Å². The van der Waals surface area contributed by atoms with Crippen LogP contribution in [-0.2, 0) is 11.2 Å². The Bertz CT molecular complexity index is 827. The van der Waals surface area contributed by atoms with Crippen LogP contribution in [0.25, 0.3) is 10.9 Å². The van der Waals surface area contributed by atoms with Gasteiger partial charge >= 0.3 is 0 Å². The number of nitrogens with one attached hydrogen (secondary N) is 2. The van der Waals surface area contributed by atoms with Gasteiger partial charge in [0.25, 0.3) is 5.91 Å². The average Bonchev–Trinajstić information content (AvgIpc) is 2.90. The van der Waals surface area contributed by atoms with Crippen LogP contribution in [0.3, 0.4) is 0 Å². The molecule has 4 nitrogen and oxygen atoms in total. The predicted molar refractivity (Wildman–Crippen MR) is 97.6 cm³/mol. The largest absolute Gasteiger partial charge is 0.356 e. The molecule has 1 atom stereocenters. The molecule has 3 heterocycles. The first-order valence-corrected chi connectivity index (χ1v) is 9.27. The zero-order valence-corrected chi connectivity index (χ0v) is 15.3. The molecule has 0 aliphatic carbocycles. The first-order chi connectivity index (χ1) is 11.9. The summed E-state index contributed by atoms with van der Waals surface area (Å²) in [6, 6.07) is 5.70. The number of benzene rings is 1. The van der Waals surface area contributed by atoms with Crippen LogP contribution in [0.1, 0.15) is 37.6 Å². The quantitative estimate of drug-likeness (QED) is 0.875. The van der Waals surface area contributed by atoms with Crippen molar-refractivity contribution in [2.24, 2.45) is 5.92 Å². The maximum Gasteiger partial charge on any atom is 0.263 e. The molecule has 2 aliphatic heterocycles. The molecule has 0 spiro atoms. The highest BCUT2D eigenvalue weighted by Crippen LogP contribution is 2.40. The summed E-state index contributed by atoms with van der Waals surface area (Å²) in [5.74, 6) is 0.0237. The van der Waals surface area contributed by atoms with E-state index >= 15 is 0 Å². The van der Waals surface area contributed by atoms with Crippen molar-refractivity contribution in [3.05, 3.63) is 34.5 Å². The summed E-state index contributed by atoms with van der Waals surface area (Å²) in [7, 11) is 0. The summed E-state index contributed by atoms with van der Waals surface area (Å²) in [5, 5.41) is 4.70. The smallest absolute Gasteiger partial charge is 0.263 e. The number of hydrogen-bond acceptors (Lipinski definition) is 2. The van der Waals surface area contributed by atoms with E-state index in [1.165, 1.54) is 5.56 Å². The molecule has 1 aromatic heterocycles. The number of halogens is 2. The average molecular weight is 364 g/mol. The topological polar surface area (TPSA) is 48.1 Å². The number of hydrogen-bond donors (Lipinski definition) is 2. The van der Waals surface area contributed by atoms with Gasteiger partial charge in [0.1, 0.15) is 0 Å². The van der Waals surface area contributed by atoms with Gasteiger partial charge in [-0.05, 0) is 42.5 Å². The van der Waals surface area contributed by atoms with Crippen molar-refractivity contribution in [3.63, 3.8) is 0 Å². The van der Waals surface area contributed by atoms with Crippen molar-refractivity contribution in [2.45, 2.75) is 38.4 Å². The molecule has 1 unspecified atom stereocenters. The molecule has 2 aromatic rings. The lowest BCUT2D eigenvalue weighted by molar-refractivity contribution is -0.151. The van der Waals surface area contributed by atoms with E-state index in [0.717, 1.165) is 29.4 Å². The number of aromatic amines is 1. The van der Waals surface area contributed by atoms with Crippen molar-refractivity contribution in [1.82, 2.24) is 15.2 Å². The van der Waals surface area contributed by atoms with E-state index < -0.39 is 5.67 Å². The lowest BCUT2D eigenvalue weighted by Gasteiger charge is -2.43. The van der Waals surface area contributed by atoms with Crippen molar-refractivity contribution >= 4 is 28.4 Å². The molecule has 2 N–H and O–H groups in total. The summed E-state index contributed by atoms with van der Waals surface area (Å²) in [6.07, 6.45) is 1.53. The van der Waals surface area contributed by atoms with Gasteiger partial charge in [-0.2, -0.15) is 0 Å². The fourth-order valence-corrected chi connectivity index (χ4v) is 4.20. The van der Waals surface area contributed by atoms with Gasteiger partial charge in [-0.1, -0.05) is 25.4 Å². The lowest BCUT2D eigenvalue weighted by atomic mass is 9.88. The van der Waals surface area contributed by atoms with Crippen LogP contribution < -0.4 is 5.32 Å². The predicted octanol–water partition coefficient (Wildman–Crippen LogP) is 3.60. The zero-order chi connectivity index (χ0) is 17.8. The lowest BCUT2D eigenvalue weighted by Crippen LogP contribution is -2.65. The SMILES string of the molecule is CC(C)CC1c2[nH]c3ccc(Cl)cc3c2CCN1C(=O)C1(F)CNC1. The van der Waals surface area contributed by atoms with Crippen LogP contribution in [0.5, 0.6) is 0 Å². The van der Waals surface area contributed by atoms with Gasteiger partial charge in [0.2, 0.25) is 5.67 Å². The van der Waals surface area contributed by atoms with Gasteiger partial charge in [0.05, 0.1) is 6.04 Å². The van der Waals surface area contributed by atoms with E-state index in [4.69, 9.17) is 11.6 Å². The Balaban J connectivity index is 1.77. The Kier molecular flexibility index (Phi) is 4.04. The minimum absolute atomic E-state index is 0.115. The molecule has 134 valence electrons. The van der Waals surface area contributed by atoms with Gasteiger partial charge < -0.3 is 15.2 Å². The highest BCUT2D eigenvalue weighted by molar-refractivity contribution is 6.31. The minimum Gasteiger partial charge on any atom is -0.356 e. The van der Waals surface area contributed by atoms with Crippen molar-refractivity contribution in [2.75, 3.05) is 19.6 Å². The zero-order valence-electron chi connectivity index (χ0n) is 14.5. The Morgan fingerprint density at radius 2 is 2.20 bits per heavy atom. The fourth-order valence-electron chi connectivity index (χ4n) is 4.03. The van der Waals surface area contributed by atoms with Crippen molar-refractivity contribution in [1.29, 1.82) is 0 Å². The number of carbonyl (C=O) groups excluding carboxylic acids is 1. The third-order valence-corrected chi connectivity index (χ3v) is 5.60. The van der Waals surface area contributed by atoms with Gasteiger partial charge in [0.15, 0.2) is 0 Å². The van der Waals surface area contributed by atoms with Gasteiger partial charge in [-0.15, -0.1) is 0 Å². The number of aromatic nitrogens is 1. The number of rotatable bonds is 3. The van der Waals surface area contributed by atoms with Crippen LogP contribution in [-0.4, -0.2) is 41.1 Å². The third-order valence-electron chi connectivity index (χ3n) is 5.36. The van der Waals surface area contributed by atoms with Crippen LogP contribution in [0.2, 0.25) is 5.02 Å². The minimum atomic E-state index is -1.75. The van der Waals surface area contributed by atoms with E-state index in [1.54, 1.807) is 4.90 Å². The maximum atomic E-state index is 14.7. The van der Waals surface area contributed by atoms with Crippen LogP contribution >= 0.6 is 11.6 Å². The Morgan fingerprint density at radius 3 is 2.84 bits per heavy atom. The molecule has 6 heteroatoms. The second-order valence-corrected chi connectivity index (χ2v) is 8.11. The summed E-state index contributed by atoms with van der Waals surface area (Å²) < 4.78 is 14.7. The summed E-state index contributed by atoms with van der Waals surface area (Å²) in [5.41, 5.74) is 1.54. The second kappa shape index (κ2) is 5.99. The summed E-state index contributed by atoms with van der Waals surface area (Å²) in [4.78, 5) is 18.1. The number of nitrogens with zero attached hydrogens (tertiary/aromatic N) is 1. The second-order valence-electron chi connectivity index (χ2n) is 7.67. The van der Waals surface area contributed by atoms with Gasteiger partial charge in [-0.25, -0.2) is 4.39 Å². The molecule has 4 rings (SSSR count). The first-order valence-electron chi connectivity index (χ1n) is 8.90. The number of H-pyrrole nitrogens is 1. The van der Waals surface area contributed by atoms with Crippen LogP contribution in [0.4, 0.5) is 4.39 Å². The van der Waals surface area contributed by atoms with Gasteiger partial charge in [0, 0.05) is 41.3 Å². The molecular weight excluding hydrogens is 341 g/mol. The van der Waals surface area contributed by atoms with E-state index in [0.29, 0.717) is 17.5 Å². The highest BCUT2D eigenvalue weighted by atomic mass is 35.5. The Labute approximate surface area is 151 Å². The van der Waals surface area contributed by atoms with Crippen LogP contribution in [0, 0.1) is 5.92 Å². The van der Waals surface area contributed by atoms with E-state index in [2.05, 4.69) is 24.1 Å². The first kappa shape index (κ1) is 16.9. The van der Waals surface area contributed by atoms with Crippen molar-refractivity contribution < 1.29 is 9.18 Å². The molecule has 1 fully saturated rings. The number of amides is 1. The molecule has 1 amide bonds. The number of alkyl halides is 1. The number of fused-ring (bicyclic) bond motifs is 3. The normalized spacial score (nSPS) is 22.1. The summed E-state index contributed by atoms with van der Waals surface area (Å²) in [6.45, 7) is 5.05. The Morgan fingerprint density at radius 1 is 1.44 bits per heavy atom. The Hall–Kier alpha value is -1.59. The fraction of sp³-hybridized carbons (Fsp3) is 0.526. The van der Waals surface area contributed by atoms with Gasteiger partial charge in [-0.3, -0.25) is 4.79 Å². The maximum absolute atomic E-state index is 14.7. The molecule has 25 heavy (non-hydrogen) atoms. The molecule has 1 aromatic carbocycles. The standard InChI is InChI=1S/C19H23ClFN3O/c1-11(2)7-16-17-13(14-8-12(20)3-4-15(14)23-17)5-6-24(16)18(25)19(21)9-22-10-19/h3-4,8,11,16,22-23H,5-7,9-10H2,1-2H3. The van der Waals surface area contributed by atoms with Crippen LogP contribution in [0.15, 0.2) is 18.2 Å². The monoisotopic (exact) mass is 363 g/mol. The molecule has 0 bridgehead atoms. The van der Waals surface area contributed by atoms with E-state index in [-0.39, 0.29) is 25.0 Å². The number of carbonyl (C=O) groups is 1. The van der Waals surface area contributed by atoms with E-state index in [1.807, 2.05) is 18.2 Å².